The number of nitrogen functional groups attached to an aromatic ring is 1. The maximum absolute atomic E-state index is 13.1. The van der Waals surface area contributed by atoms with Gasteiger partial charge in [-0.2, -0.15) is 4.98 Å². The summed E-state index contributed by atoms with van der Waals surface area (Å²) in [4.78, 5) is 75.5. The molecule has 0 spiro atoms. The molecular formula is C19H20N8O7S3. The molecular weight excluding hydrogens is 548 g/mol. The Hall–Kier alpha value is -3.64. The highest BCUT2D eigenvalue weighted by molar-refractivity contribution is 8.01. The molecule has 2 atom stereocenters. The fourth-order valence-electron chi connectivity index (χ4n) is 3.52. The van der Waals surface area contributed by atoms with Gasteiger partial charge in [0.25, 0.3) is 11.8 Å². The minimum atomic E-state index is -0.939. The van der Waals surface area contributed by atoms with Gasteiger partial charge in [-0.15, -0.1) is 23.1 Å². The lowest BCUT2D eigenvalue weighted by atomic mass is 10.0. The number of aromatic nitrogens is 4. The molecule has 4 N–H and O–H groups in total. The van der Waals surface area contributed by atoms with Crippen molar-refractivity contribution >= 4 is 63.5 Å². The number of hydrogen-bond acceptors (Lipinski definition) is 14. The summed E-state index contributed by atoms with van der Waals surface area (Å²) in [7, 11) is 3.98. The second-order valence-electron chi connectivity index (χ2n) is 7.49. The standard InChI is InChI=1S/C19H20N8O7S3/c1-26-19(23-13(29)14(30)24-26)37-5-7-4-35-16-10(15(31)27(16)11(7)17(32)33-2)22-12(28)9(25-34-3)8-6-36-18(20)21-8/h6,10,16H,4-5H2,1-3H3,(H2,20,21)(H,22,28)(H,24,30)/b25-9-/t10-,16-/m1/s1. The summed E-state index contributed by atoms with van der Waals surface area (Å²) in [6.07, 6.45) is 0. The van der Waals surface area contributed by atoms with Crippen LogP contribution in [0.25, 0.3) is 0 Å². The zero-order valence-corrected chi connectivity index (χ0v) is 22.0. The van der Waals surface area contributed by atoms with Gasteiger partial charge in [0.05, 0.1) is 7.11 Å². The number of carbonyl (C=O) groups excluding carboxylic acids is 3. The van der Waals surface area contributed by atoms with E-state index in [1.54, 1.807) is 0 Å². The number of ether oxygens (including phenoxy) is 1. The monoisotopic (exact) mass is 568 g/mol. The SMILES string of the molecule is CO/N=C(\C(=O)N[C@@H]1C(=O)N2C(C(=O)OC)=C(CSc3nc(=O)c(=O)[nH]n3C)CS[C@H]12)c1csc(N)n1. The van der Waals surface area contributed by atoms with Gasteiger partial charge in [-0.05, 0) is 5.57 Å². The number of H-pyrrole nitrogens is 1. The van der Waals surface area contributed by atoms with Crippen molar-refractivity contribution in [2.75, 3.05) is 31.5 Å². The number of thioether (sulfide) groups is 2. The number of aryl methyl sites for hydroxylation is 1. The molecule has 4 rings (SSSR count). The summed E-state index contributed by atoms with van der Waals surface area (Å²) >= 11 is 3.56. The van der Waals surface area contributed by atoms with Gasteiger partial charge in [0.1, 0.15) is 29.9 Å². The van der Waals surface area contributed by atoms with Crippen molar-refractivity contribution < 1.29 is 24.0 Å². The van der Waals surface area contributed by atoms with E-state index in [1.807, 2.05) is 0 Å². The number of methoxy groups -OCH3 is 1. The molecule has 2 aromatic rings. The van der Waals surface area contributed by atoms with Crippen LogP contribution in [0.5, 0.6) is 0 Å². The number of β-lactam (4-membered cyclic amide) rings is 1. The number of carbonyl (C=O) groups is 3. The molecule has 37 heavy (non-hydrogen) atoms. The van der Waals surface area contributed by atoms with E-state index in [0.717, 1.165) is 23.1 Å². The van der Waals surface area contributed by atoms with Crippen LogP contribution in [0.1, 0.15) is 5.69 Å². The second kappa shape index (κ2) is 10.8. The maximum Gasteiger partial charge on any atom is 0.354 e. The Morgan fingerprint density at radius 2 is 2.08 bits per heavy atom. The van der Waals surface area contributed by atoms with Gasteiger partial charge in [-0.25, -0.2) is 9.78 Å². The molecule has 1 saturated heterocycles. The summed E-state index contributed by atoms with van der Waals surface area (Å²) in [6, 6.07) is -0.939. The number of hydrogen-bond donors (Lipinski definition) is 3. The van der Waals surface area contributed by atoms with Crippen LogP contribution in [0, 0.1) is 0 Å². The number of amides is 2. The number of aromatic amines is 1. The van der Waals surface area contributed by atoms with E-state index < -0.39 is 40.3 Å². The average molecular weight is 569 g/mol. The molecule has 15 nitrogen and oxygen atoms in total. The molecule has 196 valence electrons. The lowest BCUT2D eigenvalue weighted by Crippen LogP contribution is -2.71. The molecule has 0 saturated carbocycles. The third kappa shape index (κ3) is 5.12. The van der Waals surface area contributed by atoms with Crippen molar-refractivity contribution in [2.45, 2.75) is 16.6 Å². The molecule has 2 aromatic heterocycles. The maximum atomic E-state index is 13.1. The van der Waals surface area contributed by atoms with Crippen molar-refractivity contribution in [3.63, 3.8) is 0 Å². The highest BCUT2D eigenvalue weighted by Crippen LogP contribution is 2.41. The van der Waals surface area contributed by atoms with Crippen LogP contribution in [0.3, 0.4) is 0 Å². The van der Waals surface area contributed by atoms with Crippen LogP contribution in [0.2, 0.25) is 0 Å². The number of nitrogens with one attached hydrogen (secondary N) is 2. The molecule has 0 aromatic carbocycles. The second-order valence-corrected chi connectivity index (χ2v) is 10.4. The van der Waals surface area contributed by atoms with E-state index in [2.05, 4.69) is 25.5 Å². The van der Waals surface area contributed by atoms with Crippen molar-refractivity contribution in [1.82, 2.24) is 30.0 Å². The van der Waals surface area contributed by atoms with Gasteiger partial charge in [-0.3, -0.25) is 33.9 Å². The molecule has 2 amide bonds. The first kappa shape index (κ1) is 26.4. The minimum absolute atomic E-state index is 0.0572. The quantitative estimate of drug-likeness (QED) is 0.0829. The Morgan fingerprint density at radius 3 is 2.73 bits per heavy atom. The van der Waals surface area contributed by atoms with E-state index in [1.165, 1.54) is 48.0 Å². The fraction of sp³-hybridized carbons (Fsp3) is 0.368. The smallest absolute Gasteiger partial charge is 0.354 e. The lowest BCUT2D eigenvalue weighted by Gasteiger charge is -2.49. The molecule has 0 radical (unpaired) electrons. The number of nitrogens with two attached hydrogens (primary N) is 1. The Kier molecular flexibility index (Phi) is 7.69. The number of oxime groups is 1. The number of fused-ring (bicyclic) bond motifs is 1. The molecule has 0 aliphatic carbocycles. The number of thiazole rings is 1. The molecule has 1 fully saturated rings. The zero-order valence-electron chi connectivity index (χ0n) is 19.5. The fourth-order valence-corrected chi connectivity index (χ4v) is 6.47. The van der Waals surface area contributed by atoms with Gasteiger partial charge in [0.2, 0.25) is 0 Å². The van der Waals surface area contributed by atoms with E-state index >= 15 is 0 Å². The molecule has 2 aliphatic heterocycles. The topological polar surface area (TPSA) is 204 Å². The molecule has 2 aliphatic rings. The lowest BCUT2D eigenvalue weighted by molar-refractivity contribution is -0.151. The predicted octanol–water partition coefficient (Wildman–Crippen LogP) is -1.52. The van der Waals surface area contributed by atoms with E-state index in [9.17, 15) is 24.0 Å². The van der Waals surface area contributed by atoms with E-state index in [-0.39, 0.29) is 33.1 Å². The van der Waals surface area contributed by atoms with Crippen LogP contribution < -0.4 is 22.2 Å². The zero-order chi connectivity index (χ0) is 26.9. The predicted molar refractivity (Wildman–Crippen MR) is 135 cm³/mol. The van der Waals surface area contributed by atoms with Crippen LogP contribution in [-0.2, 0) is 31.0 Å². The van der Waals surface area contributed by atoms with E-state index in [4.69, 9.17) is 15.3 Å². The van der Waals surface area contributed by atoms with Crippen LogP contribution >= 0.6 is 34.9 Å². The third-order valence-electron chi connectivity index (χ3n) is 5.20. The van der Waals surface area contributed by atoms with Gasteiger partial charge >= 0.3 is 17.1 Å². The minimum Gasteiger partial charge on any atom is -0.464 e. The average Bonchev–Trinajstić information content (AvgIpc) is 3.31. The van der Waals surface area contributed by atoms with Crippen LogP contribution in [0.4, 0.5) is 5.13 Å². The number of esters is 1. The molecule has 4 heterocycles. The third-order valence-corrected chi connectivity index (χ3v) is 8.33. The van der Waals surface area contributed by atoms with Crippen molar-refractivity contribution in [3.8, 4) is 0 Å². The van der Waals surface area contributed by atoms with Gasteiger partial charge < -0.3 is 20.6 Å². The Labute approximate surface area is 220 Å². The Morgan fingerprint density at radius 1 is 1.32 bits per heavy atom. The summed E-state index contributed by atoms with van der Waals surface area (Å²) in [5.74, 6) is -1.41. The molecule has 0 bridgehead atoms. The summed E-state index contributed by atoms with van der Waals surface area (Å²) < 4.78 is 6.20. The molecule has 0 unspecified atom stereocenters. The highest BCUT2D eigenvalue weighted by atomic mass is 32.2. The van der Waals surface area contributed by atoms with Crippen molar-refractivity contribution in [1.29, 1.82) is 0 Å². The molecule has 18 heteroatoms. The van der Waals surface area contributed by atoms with Gasteiger partial charge in [0.15, 0.2) is 16.0 Å². The number of anilines is 1. The van der Waals surface area contributed by atoms with E-state index in [0.29, 0.717) is 11.3 Å². The first-order chi connectivity index (χ1) is 17.7. The van der Waals surface area contributed by atoms with Crippen molar-refractivity contribution in [3.05, 3.63) is 43.1 Å². The van der Waals surface area contributed by atoms with Gasteiger partial charge in [0, 0.05) is 23.9 Å². The number of nitrogens with zero attached hydrogens (tertiary/aromatic N) is 5. The summed E-state index contributed by atoms with van der Waals surface area (Å²) in [5, 5.41) is 10.1. The van der Waals surface area contributed by atoms with Crippen LogP contribution in [-0.4, -0.2) is 85.3 Å². The first-order valence-electron chi connectivity index (χ1n) is 10.3. The largest absolute Gasteiger partial charge is 0.464 e. The normalized spacial score (nSPS) is 19.3. The summed E-state index contributed by atoms with van der Waals surface area (Å²) in [5.41, 5.74) is 4.52. The first-order valence-corrected chi connectivity index (χ1v) is 13.3. The van der Waals surface area contributed by atoms with Crippen LogP contribution in [0.15, 0.2) is 36.6 Å². The Balaban J connectivity index is 1.54. The van der Waals surface area contributed by atoms with Gasteiger partial charge in [-0.1, -0.05) is 16.9 Å². The summed E-state index contributed by atoms with van der Waals surface area (Å²) in [6.45, 7) is 0. The van der Waals surface area contributed by atoms with Crippen molar-refractivity contribution in [2.24, 2.45) is 12.2 Å². The highest BCUT2D eigenvalue weighted by Gasteiger charge is 2.54. The Bertz CT molecular complexity index is 1450. The number of rotatable bonds is 8.